The first kappa shape index (κ1) is 15.3. The van der Waals surface area contributed by atoms with Crippen molar-refractivity contribution in [2.24, 2.45) is 0 Å². The van der Waals surface area contributed by atoms with Crippen LogP contribution in [-0.4, -0.2) is 12.0 Å². The second-order valence-electron chi connectivity index (χ2n) is 4.98. The monoisotopic (exact) mass is 328 g/mol. The number of nitro groups is 1. The summed E-state index contributed by atoms with van der Waals surface area (Å²) >= 11 is 0. The maximum Gasteiger partial charge on any atom is 0.351 e. The first-order chi connectivity index (χ1) is 11.4. The van der Waals surface area contributed by atoms with Crippen molar-refractivity contribution in [3.63, 3.8) is 0 Å². The molecule has 0 radical (unpaired) electrons. The van der Waals surface area contributed by atoms with E-state index in [2.05, 4.69) is 0 Å². The van der Waals surface area contributed by atoms with Crippen LogP contribution in [0.1, 0.15) is 0 Å². The minimum atomic E-state index is -0.558. The number of anilines is 1. The van der Waals surface area contributed by atoms with Crippen LogP contribution in [0.5, 0.6) is 5.75 Å². The van der Waals surface area contributed by atoms with Gasteiger partial charge in [0.05, 0.1) is 23.7 Å². The molecule has 1 aromatic heterocycles. The topological polar surface area (TPSA) is 132 Å². The van der Waals surface area contributed by atoms with Crippen molar-refractivity contribution in [1.82, 2.24) is 0 Å². The molecular formula is C15H12N4O5. The Hall–Kier alpha value is -3.62. The summed E-state index contributed by atoms with van der Waals surface area (Å²) in [7, 11) is 1.44. The minimum absolute atomic E-state index is 0.0758. The van der Waals surface area contributed by atoms with Crippen LogP contribution in [0.2, 0.25) is 0 Å². The predicted molar refractivity (Wildman–Crippen MR) is 84.9 cm³/mol. The van der Waals surface area contributed by atoms with Crippen molar-refractivity contribution in [2.75, 3.05) is 12.8 Å². The number of nitro benzene ring substituents is 1. The highest BCUT2D eigenvalue weighted by Gasteiger charge is 2.26. The van der Waals surface area contributed by atoms with Gasteiger partial charge >= 0.3 is 11.5 Å². The van der Waals surface area contributed by atoms with E-state index in [0.717, 1.165) is 0 Å². The van der Waals surface area contributed by atoms with Gasteiger partial charge in [0, 0.05) is 12.1 Å². The van der Waals surface area contributed by atoms with E-state index < -0.39 is 4.92 Å². The SMILES string of the molecule is COc1ccc2c(c1)[n+]([O-])c(-c1ccc([N+](=O)[O-])cc1)c(N)[n+]2[O-]. The minimum Gasteiger partial charge on any atom is -0.710 e. The number of nitrogens with zero attached hydrogens (tertiary/aromatic N) is 3. The standard InChI is InChI=1S/C15H12N4O5/c1-24-11-6-7-12-13(8-11)17(20)14(15(16)18(12)21)9-2-4-10(5-3-9)19(22)23/h2-8H,16H2,1H3. The molecule has 3 rings (SSSR count). The number of benzene rings is 2. The number of aromatic nitrogens is 2. The van der Waals surface area contributed by atoms with Gasteiger partial charge in [-0.1, -0.05) is 0 Å². The largest absolute Gasteiger partial charge is 0.710 e. The molecule has 3 aromatic rings. The van der Waals surface area contributed by atoms with Crippen molar-refractivity contribution in [2.45, 2.75) is 0 Å². The quantitative estimate of drug-likeness (QED) is 0.333. The van der Waals surface area contributed by atoms with E-state index >= 15 is 0 Å². The summed E-state index contributed by atoms with van der Waals surface area (Å²) < 4.78 is 6.03. The van der Waals surface area contributed by atoms with Crippen LogP contribution < -0.4 is 19.9 Å². The highest BCUT2D eigenvalue weighted by Crippen LogP contribution is 2.25. The van der Waals surface area contributed by atoms with Crippen molar-refractivity contribution in [1.29, 1.82) is 0 Å². The van der Waals surface area contributed by atoms with Crippen molar-refractivity contribution in [3.8, 4) is 17.0 Å². The van der Waals surface area contributed by atoms with Crippen LogP contribution in [-0.2, 0) is 0 Å². The van der Waals surface area contributed by atoms with Gasteiger partial charge in [-0.15, -0.1) is 0 Å². The van der Waals surface area contributed by atoms with Gasteiger partial charge in [0.1, 0.15) is 5.75 Å². The molecule has 122 valence electrons. The highest BCUT2D eigenvalue weighted by molar-refractivity contribution is 5.75. The third-order valence-corrected chi connectivity index (χ3v) is 3.64. The number of hydrogen-bond donors (Lipinski definition) is 1. The summed E-state index contributed by atoms with van der Waals surface area (Å²) in [4.78, 5) is 10.2. The Morgan fingerprint density at radius 2 is 1.71 bits per heavy atom. The van der Waals surface area contributed by atoms with Crippen molar-refractivity contribution >= 4 is 22.5 Å². The summed E-state index contributed by atoms with van der Waals surface area (Å²) in [5, 5.41) is 35.8. The smallest absolute Gasteiger partial charge is 0.351 e. The van der Waals surface area contributed by atoms with E-state index in [0.29, 0.717) is 20.8 Å². The number of ether oxygens (including phenoxy) is 1. The van der Waals surface area contributed by atoms with Gasteiger partial charge in [0.2, 0.25) is 5.52 Å². The summed E-state index contributed by atoms with van der Waals surface area (Å²) in [6, 6.07) is 9.60. The zero-order valence-corrected chi connectivity index (χ0v) is 12.5. The average Bonchev–Trinajstić information content (AvgIpc) is 2.60. The number of hydrogen-bond acceptors (Lipinski definition) is 6. The van der Waals surface area contributed by atoms with E-state index in [1.165, 1.54) is 43.5 Å². The average molecular weight is 328 g/mol. The highest BCUT2D eigenvalue weighted by atomic mass is 16.6. The molecule has 0 unspecified atom stereocenters. The van der Waals surface area contributed by atoms with Gasteiger partial charge in [-0.3, -0.25) is 15.8 Å². The number of nitrogens with two attached hydrogens (primary N) is 1. The zero-order valence-electron chi connectivity index (χ0n) is 12.5. The van der Waals surface area contributed by atoms with Crippen molar-refractivity contribution < 1.29 is 19.1 Å². The first-order valence-electron chi connectivity index (χ1n) is 6.81. The molecule has 0 aliphatic heterocycles. The third-order valence-electron chi connectivity index (χ3n) is 3.64. The molecular weight excluding hydrogens is 316 g/mol. The fraction of sp³-hybridized carbons (Fsp3) is 0.0667. The van der Waals surface area contributed by atoms with Crippen LogP contribution in [0, 0.1) is 20.5 Å². The predicted octanol–water partition coefficient (Wildman–Crippen LogP) is 1.27. The lowest BCUT2D eigenvalue weighted by Gasteiger charge is -2.14. The second kappa shape index (κ2) is 5.54. The Morgan fingerprint density at radius 1 is 1.04 bits per heavy atom. The molecule has 0 saturated carbocycles. The Labute approximate surface area is 135 Å². The van der Waals surface area contributed by atoms with E-state index in [-0.39, 0.29) is 28.2 Å². The summed E-state index contributed by atoms with van der Waals surface area (Å²) in [6.07, 6.45) is 0. The van der Waals surface area contributed by atoms with Gasteiger partial charge in [0.25, 0.3) is 11.2 Å². The van der Waals surface area contributed by atoms with E-state index in [1.54, 1.807) is 6.07 Å². The molecule has 24 heavy (non-hydrogen) atoms. The lowest BCUT2D eigenvalue weighted by Crippen LogP contribution is -2.42. The lowest BCUT2D eigenvalue weighted by molar-refractivity contribution is -0.609. The Bertz CT molecular complexity index is 956. The van der Waals surface area contributed by atoms with Crippen LogP contribution in [0.4, 0.5) is 11.5 Å². The normalized spacial score (nSPS) is 10.7. The number of rotatable bonds is 3. The molecule has 0 amide bonds. The van der Waals surface area contributed by atoms with Gasteiger partial charge in [-0.25, -0.2) is 4.73 Å². The first-order valence-corrected chi connectivity index (χ1v) is 6.81. The Balaban J connectivity index is 2.29. The van der Waals surface area contributed by atoms with Gasteiger partial charge in [-0.05, 0) is 24.3 Å². The van der Waals surface area contributed by atoms with Crippen LogP contribution in [0.15, 0.2) is 42.5 Å². The number of non-ortho nitro benzene ring substituents is 1. The van der Waals surface area contributed by atoms with E-state index in [1.807, 2.05) is 0 Å². The summed E-state index contributed by atoms with van der Waals surface area (Å²) in [5.74, 6) is 0.114. The third kappa shape index (κ3) is 2.28. The molecule has 0 spiro atoms. The molecule has 2 N–H and O–H groups in total. The fourth-order valence-corrected chi connectivity index (χ4v) is 2.42. The van der Waals surface area contributed by atoms with Crippen molar-refractivity contribution in [3.05, 3.63) is 63.0 Å². The number of nitrogen functional groups attached to an aromatic ring is 1. The molecule has 2 aromatic carbocycles. The molecule has 1 heterocycles. The molecule has 9 heteroatoms. The zero-order chi connectivity index (χ0) is 17.4. The molecule has 0 atom stereocenters. The molecule has 0 saturated heterocycles. The Kier molecular flexibility index (Phi) is 3.53. The second-order valence-corrected chi connectivity index (χ2v) is 4.98. The lowest BCUT2D eigenvalue weighted by atomic mass is 10.1. The fourth-order valence-electron chi connectivity index (χ4n) is 2.42. The van der Waals surface area contributed by atoms with Crippen LogP contribution in [0.3, 0.4) is 0 Å². The Morgan fingerprint density at radius 3 is 2.29 bits per heavy atom. The maximum absolute atomic E-state index is 12.7. The van der Waals surface area contributed by atoms with E-state index in [9.17, 15) is 20.5 Å². The molecule has 9 nitrogen and oxygen atoms in total. The summed E-state index contributed by atoms with van der Waals surface area (Å²) in [5.41, 5.74) is 6.06. The molecule has 0 aliphatic carbocycles. The maximum atomic E-state index is 12.7. The van der Waals surface area contributed by atoms with Gasteiger partial charge < -0.3 is 15.2 Å². The summed E-state index contributed by atoms with van der Waals surface area (Å²) in [6.45, 7) is 0. The number of methoxy groups -OCH3 is 1. The molecule has 0 aliphatic rings. The van der Waals surface area contributed by atoms with Gasteiger partial charge in [0.15, 0.2) is 0 Å². The van der Waals surface area contributed by atoms with Crippen LogP contribution >= 0.6 is 0 Å². The molecule has 0 fully saturated rings. The molecule has 0 bridgehead atoms. The van der Waals surface area contributed by atoms with Gasteiger partial charge in [-0.2, -0.15) is 4.73 Å². The number of fused-ring (bicyclic) bond motifs is 1. The van der Waals surface area contributed by atoms with E-state index in [4.69, 9.17) is 10.5 Å². The van der Waals surface area contributed by atoms with Crippen LogP contribution in [0.25, 0.3) is 22.3 Å².